The number of nitrogens with zero attached hydrogens (tertiary/aromatic N) is 1. The highest BCUT2D eigenvalue weighted by Gasteiger charge is 2.32. The van der Waals surface area contributed by atoms with Gasteiger partial charge in [0, 0.05) is 6.54 Å². The molecule has 0 radical (unpaired) electrons. The number of nitrogens with two attached hydrogens (primary N) is 1. The summed E-state index contributed by atoms with van der Waals surface area (Å²) in [4.78, 5) is 2.22. The van der Waals surface area contributed by atoms with Gasteiger partial charge >= 0.3 is 0 Å². The van der Waals surface area contributed by atoms with E-state index >= 15 is 0 Å². The summed E-state index contributed by atoms with van der Waals surface area (Å²) in [6, 6.07) is 3.52. The second kappa shape index (κ2) is 4.56. The summed E-state index contributed by atoms with van der Waals surface area (Å²) in [5, 5.41) is 1.01. The second-order valence-electron chi connectivity index (χ2n) is 4.84. The molecule has 5 heteroatoms. The first-order valence-corrected chi connectivity index (χ1v) is 6.27. The van der Waals surface area contributed by atoms with E-state index in [0.29, 0.717) is 28.9 Å². The van der Waals surface area contributed by atoms with Crippen molar-refractivity contribution in [2.75, 3.05) is 30.4 Å². The van der Waals surface area contributed by atoms with Crippen LogP contribution in [-0.4, -0.2) is 25.3 Å². The van der Waals surface area contributed by atoms with Crippen LogP contribution in [0.4, 0.5) is 11.4 Å². The van der Waals surface area contributed by atoms with Gasteiger partial charge in [0.15, 0.2) is 0 Å². The Kier molecular flexibility index (Phi) is 3.43. The van der Waals surface area contributed by atoms with E-state index in [1.807, 2.05) is 6.07 Å². The maximum atomic E-state index is 6.05. The summed E-state index contributed by atoms with van der Waals surface area (Å²) in [5.74, 6) is 0. The molecule has 2 N–H and O–H groups in total. The van der Waals surface area contributed by atoms with Gasteiger partial charge in [-0.3, -0.25) is 0 Å². The fourth-order valence-electron chi connectivity index (χ4n) is 2.09. The molecule has 1 aliphatic heterocycles. The number of benzene rings is 1. The number of ether oxygens (including phenoxy) is 1. The summed E-state index contributed by atoms with van der Waals surface area (Å²) in [7, 11) is 0. The fourth-order valence-corrected chi connectivity index (χ4v) is 2.42. The van der Waals surface area contributed by atoms with Crippen LogP contribution in [0.1, 0.15) is 13.8 Å². The molecule has 1 fully saturated rings. The number of morpholine rings is 1. The van der Waals surface area contributed by atoms with Gasteiger partial charge in [-0.15, -0.1) is 0 Å². The summed E-state index contributed by atoms with van der Waals surface area (Å²) < 4.78 is 5.49. The molecule has 1 aromatic carbocycles. The molecule has 1 heterocycles. The van der Waals surface area contributed by atoms with E-state index in [1.165, 1.54) is 0 Å². The highest BCUT2D eigenvalue weighted by atomic mass is 35.5. The fraction of sp³-hybridized carbons (Fsp3) is 0.500. The van der Waals surface area contributed by atoms with Crippen LogP contribution in [0.5, 0.6) is 0 Å². The van der Waals surface area contributed by atoms with E-state index in [-0.39, 0.29) is 5.54 Å². The van der Waals surface area contributed by atoms with E-state index in [1.54, 1.807) is 6.07 Å². The molecule has 0 spiro atoms. The lowest BCUT2D eigenvalue weighted by Gasteiger charge is -2.44. The summed E-state index contributed by atoms with van der Waals surface area (Å²) in [6.45, 7) is 6.41. The molecule has 0 unspecified atom stereocenters. The third kappa shape index (κ3) is 2.46. The van der Waals surface area contributed by atoms with Gasteiger partial charge in [-0.25, -0.2) is 0 Å². The van der Waals surface area contributed by atoms with Crippen molar-refractivity contribution >= 4 is 34.6 Å². The first-order chi connectivity index (χ1) is 7.92. The Hall–Kier alpha value is -0.640. The molecule has 0 atom stereocenters. The van der Waals surface area contributed by atoms with Crippen molar-refractivity contribution in [2.45, 2.75) is 19.4 Å². The molecule has 2 rings (SSSR count). The number of anilines is 2. The maximum Gasteiger partial charge on any atom is 0.0694 e. The van der Waals surface area contributed by atoms with Crippen molar-refractivity contribution < 1.29 is 4.74 Å². The number of hydrogen-bond donors (Lipinski definition) is 1. The SMILES string of the molecule is CC1(C)COCCN1c1cc(Cl)c(Cl)cc1N. The Morgan fingerprint density at radius 2 is 1.94 bits per heavy atom. The largest absolute Gasteiger partial charge is 0.397 e. The number of halogens is 2. The Morgan fingerprint density at radius 3 is 2.59 bits per heavy atom. The predicted octanol–water partition coefficient (Wildman–Crippen LogP) is 3.19. The van der Waals surface area contributed by atoms with Gasteiger partial charge in [0.2, 0.25) is 0 Å². The lowest BCUT2D eigenvalue weighted by molar-refractivity contribution is 0.0645. The van der Waals surface area contributed by atoms with Gasteiger partial charge in [-0.1, -0.05) is 23.2 Å². The maximum absolute atomic E-state index is 6.05. The third-order valence-electron chi connectivity index (χ3n) is 3.01. The molecule has 0 bridgehead atoms. The highest BCUT2D eigenvalue weighted by molar-refractivity contribution is 6.42. The van der Waals surface area contributed by atoms with Gasteiger partial charge < -0.3 is 15.4 Å². The van der Waals surface area contributed by atoms with Crippen molar-refractivity contribution in [1.29, 1.82) is 0 Å². The monoisotopic (exact) mass is 274 g/mol. The Morgan fingerprint density at radius 1 is 1.29 bits per heavy atom. The standard InChI is InChI=1S/C12H16Cl2N2O/c1-12(2)7-17-4-3-16(12)11-6-9(14)8(13)5-10(11)15/h5-6H,3-4,7,15H2,1-2H3. The molecular formula is C12H16Cl2N2O. The zero-order valence-electron chi connectivity index (χ0n) is 9.96. The first-order valence-electron chi connectivity index (χ1n) is 5.52. The molecule has 0 aliphatic carbocycles. The van der Waals surface area contributed by atoms with Crippen LogP contribution in [0, 0.1) is 0 Å². The highest BCUT2D eigenvalue weighted by Crippen LogP contribution is 2.36. The predicted molar refractivity (Wildman–Crippen MR) is 73.1 cm³/mol. The zero-order chi connectivity index (χ0) is 12.6. The van der Waals surface area contributed by atoms with Crippen molar-refractivity contribution in [3.8, 4) is 0 Å². The topological polar surface area (TPSA) is 38.5 Å². The smallest absolute Gasteiger partial charge is 0.0694 e. The molecule has 0 aromatic heterocycles. The van der Waals surface area contributed by atoms with Crippen molar-refractivity contribution in [3.63, 3.8) is 0 Å². The van der Waals surface area contributed by atoms with E-state index in [4.69, 9.17) is 33.7 Å². The van der Waals surface area contributed by atoms with E-state index in [9.17, 15) is 0 Å². The van der Waals surface area contributed by atoms with Crippen LogP contribution >= 0.6 is 23.2 Å². The van der Waals surface area contributed by atoms with E-state index in [2.05, 4.69) is 18.7 Å². The second-order valence-corrected chi connectivity index (χ2v) is 5.66. The normalized spacial score (nSPS) is 19.4. The van der Waals surface area contributed by atoms with Gasteiger partial charge in [0.25, 0.3) is 0 Å². The Balaban J connectivity index is 2.42. The molecule has 94 valence electrons. The molecule has 0 saturated carbocycles. The molecule has 1 saturated heterocycles. The van der Waals surface area contributed by atoms with Crippen molar-refractivity contribution in [3.05, 3.63) is 22.2 Å². The van der Waals surface area contributed by atoms with Crippen LogP contribution in [0.3, 0.4) is 0 Å². The van der Waals surface area contributed by atoms with E-state index in [0.717, 1.165) is 12.2 Å². The minimum Gasteiger partial charge on any atom is -0.397 e. The average molecular weight is 275 g/mol. The van der Waals surface area contributed by atoms with Gasteiger partial charge in [-0.05, 0) is 26.0 Å². The van der Waals surface area contributed by atoms with Crippen LogP contribution in [0.15, 0.2) is 12.1 Å². The van der Waals surface area contributed by atoms with Crippen molar-refractivity contribution in [2.24, 2.45) is 0 Å². The third-order valence-corrected chi connectivity index (χ3v) is 3.73. The molecule has 1 aliphatic rings. The molecule has 1 aromatic rings. The first kappa shape index (κ1) is 12.8. The molecular weight excluding hydrogens is 259 g/mol. The quantitative estimate of drug-likeness (QED) is 0.800. The van der Waals surface area contributed by atoms with Gasteiger partial charge in [0.1, 0.15) is 0 Å². The lowest BCUT2D eigenvalue weighted by atomic mass is 10.0. The average Bonchev–Trinajstić information content (AvgIpc) is 2.23. The van der Waals surface area contributed by atoms with Crippen molar-refractivity contribution in [1.82, 2.24) is 0 Å². The van der Waals surface area contributed by atoms with Crippen LogP contribution in [0.2, 0.25) is 10.0 Å². The molecule has 17 heavy (non-hydrogen) atoms. The minimum absolute atomic E-state index is 0.0937. The summed E-state index contributed by atoms with van der Waals surface area (Å²) in [5.41, 5.74) is 7.49. The van der Waals surface area contributed by atoms with Gasteiger partial charge in [0.05, 0.1) is 40.2 Å². The summed E-state index contributed by atoms with van der Waals surface area (Å²) in [6.07, 6.45) is 0. The number of hydrogen-bond acceptors (Lipinski definition) is 3. The van der Waals surface area contributed by atoms with E-state index < -0.39 is 0 Å². The van der Waals surface area contributed by atoms with Gasteiger partial charge in [-0.2, -0.15) is 0 Å². The van der Waals surface area contributed by atoms with Crippen LogP contribution in [-0.2, 0) is 4.74 Å². The lowest BCUT2D eigenvalue weighted by Crippen LogP contribution is -2.53. The van der Waals surface area contributed by atoms with Crippen LogP contribution in [0.25, 0.3) is 0 Å². The number of nitrogen functional groups attached to an aromatic ring is 1. The minimum atomic E-state index is -0.0937. The molecule has 0 amide bonds. The summed E-state index contributed by atoms with van der Waals surface area (Å²) >= 11 is 12.0. The zero-order valence-corrected chi connectivity index (χ0v) is 11.5. The number of rotatable bonds is 1. The Labute approximate surface area is 111 Å². The van der Waals surface area contributed by atoms with Crippen LogP contribution < -0.4 is 10.6 Å². The Bertz CT molecular complexity index is 435. The molecule has 3 nitrogen and oxygen atoms in total.